The average molecular weight is 455 g/mol. The van der Waals surface area contributed by atoms with Gasteiger partial charge in [-0.15, -0.1) is 4.65 Å². The number of ketones is 1. The molecule has 2 unspecified atom stereocenters. The number of hydrogen-bond donors (Lipinski definition) is 0. The average Bonchev–Trinajstić information content (AvgIpc) is 2.61. The lowest BCUT2D eigenvalue weighted by atomic mass is 9.98. The molecule has 0 spiro atoms. The maximum atomic E-state index is 12.8. The predicted molar refractivity (Wildman–Crippen MR) is 118 cm³/mol. The maximum Gasteiger partial charge on any atom is 0.479 e. The van der Waals surface area contributed by atoms with Crippen LogP contribution < -0.4 is 4.90 Å². The van der Waals surface area contributed by atoms with Crippen LogP contribution in [0.4, 0.5) is 15.4 Å². The van der Waals surface area contributed by atoms with Crippen LogP contribution in [0.15, 0.2) is 18.2 Å². The summed E-state index contributed by atoms with van der Waals surface area (Å²) in [4.78, 5) is 48.4. The summed E-state index contributed by atoms with van der Waals surface area (Å²) >= 11 is 0. The number of rotatable bonds is 9. The molecule has 0 N–H and O–H groups in total. The lowest BCUT2D eigenvalue weighted by Gasteiger charge is -2.28. The molecule has 180 valence electrons. The second kappa shape index (κ2) is 11.3. The Balaban J connectivity index is 3.32. The van der Waals surface area contributed by atoms with Crippen LogP contribution in [0.3, 0.4) is 0 Å². The highest BCUT2D eigenvalue weighted by Gasteiger charge is 2.35. The van der Waals surface area contributed by atoms with Crippen molar-refractivity contribution in [3.05, 3.63) is 23.9 Å². The Hall–Kier alpha value is -2.56. The molecule has 1 heterocycles. The number of carbonyl (C=O) groups excluding carboxylic acids is 3. The van der Waals surface area contributed by atoms with Crippen LogP contribution in [0, 0.1) is 5.92 Å². The molecule has 0 fully saturated rings. The third kappa shape index (κ3) is 8.89. The predicted octanol–water partition coefficient (Wildman–Crippen LogP) is 3.34. The fourth-order valence-electron chi connectivity index (χ4n) is 2.72. The molecule has 0 bridgehead atoms. The number of aromatic nitrogens is 1. The zero-order valence-electron chi connectivity index (χ0n) is 20.5. The Bertz CT molecular complexity index is 771. The molecule has 10 nitrogen and oxygen atoms in total. The van der Waals surface area contributed by atoms with Crippen molar-refractivity contribution in [2.75, 3.05) is 39.8 Å². The van der Waals surface area contributed by atoms with Gasteiger partial charge in [-0.1, -0.05) is 6.07 Å². The van der Waals surface area contributed by atoms with E-state index in [-0.39, 0.29) is 22.7 Å². The highest BCUT2D eigenvalue weighted by Crippen LogP contribution is 2.22. The van der Waals surface area contributed by atoms with Gasteiger partial charge >= 0.3 is 12.2 Å². The zero-order chi connectivity index (χ0) is 24.7. The first-order valence-corrected chi connectivity index (χ1v) is 10.4. The topological polar surface area (TPSA) is 104 Å². The Morgan fingerprint density at radius 1 is 1.12 bits per heavy atom. The lowest BCUT2D eigenvalue weighted by molar-refractivity contribution is -1.04. The van der Waals surface area contributed by atoms with Crippen LogP contribution in [0.25, 0.3) is 0 Å². The number of hydroxylamine groups is 3. The van der Waals surface area contributed by atoms with E-state index >= 15 is 0 Å². The largest absolute Gasteiger partial charge is 0.479 e. The van der Waals surface area contributed by atoms with E-state index in [1.54, 1.807) is 61.0 Å². The maximum absolute atomic E-state index is 12.8. The van der Waals surface area contributed by atoms with Crippen molar-refractivity contribution in [1.82, 2.24) is 4.98 Å². The number of Topliss-reactive ketones (excluding diaryl/α,β-unsaturated/α-hetero) is 1. The Morgan fingerprint density at radius 2 is 1.75 bits per heavy atom. The highest BCUT2D eigenvalue weighted by atomic mass is 16.8. The van der Waals surface area contributed by atoms with Gasteiger partial charge in [-0.05, 0) is 46.8 Å². The van der Waals surface area contributed by atoms with E-state index < -0.39 is 30.0 Å². The molecular formula is C22H36N3O7+. The minimum atomic E-state index is -0.941. The van der Waals surface area contributed by atoms with Gasteiger partial charge in [0.15, 0.2) is 6.29 Å². The summed E-state index contributed by atoms with van der Waals surface area (Å²) in [5.74, 6) is -0.732. The van der Waals surface area contributed by atoms with Crippen molar-refractivity contribution in [3.63, 3.8) is 0 Å². The van der Waals surface area contributed by atoms with Crippen molar-refractivity contribution in [1.29, 1.82) is 0 Å². The van der Waals surface area contributed by atoms with Gasteiger partial charge in [0.1, 0.15) is 38.3 Å². The molecule has 0 radical (unpaired) electrons. The van der Waals surface area contributed by atoms with E-state index in [0.717, 1.165) is 4.90 Å². The van der Waals surface area contributed by atoms with Crippen LogP contribution in [-0.2, 0) is 30.3 Å². The van der Waals surface area contributed by atoms with Crippen molar-refractivity contribution < 1.29 is 38.1 Å². The molecule has 0 saturated heterocycles. The number of methoxy groups -OCH3 is 1. The smallest absolute Gasteiger partial charge is 0.443 e. The van der Waals surface area contributed by atoms with Gasteiger partial charge in [0, 0.05) is 25.8 Å². The van der Waals surface area contributed by atoms with Crippen LogP contribution in [0.1, 0.15) is 40.3 Å². The molecule has 0 saturated carbocycles. The number of amides is 2. The van der Waals surface area contributed by atoms with Crippen molar-refractivity contribution in [2.24, 2.45) is 5.92 Å². The fraction of sp³-hybridized carbons (Fsp3) is 0.636. The van der Waals surface area contributed by atoms with Crippen molar-refractivity contribution in [2.45, 2.75) is 52.9 Å². The Kier molecular flexibility index (Phi) is 9.74. The quantitative estimate of drug-likeness (QED) is 0.318. The van der Waals surface area contributed by atoms with E-state index in [2.05, 4.69) is 4.98 Å². The first-order valence-electron chi connectivity index (χ1n) is 10.4. The number of anilines is 1. The third-order valence-electron chi connectivity index (χ3n) is 3.97. The summed E-state index contributed by atoms with van der Waals surface area (Å²) in [7, 11) is 6.35. The fourth-order valence-corrected chi connectivity index (χ4v) is 2.72. The Morgan fingerprint density at radius 3 is 2.22 bits per heavy atom. The summed E-state index contributed by atoms with van der Waals surface area (Å²) in [6.45, 7) is 8.70. The molecule has 32 heavy (non-hydrogen) atoms. The monoisotopic (exact) mass is 454 g/mol. The lowest BCUT2D eigenvalue weighted by Crippen LogP contribution is -2.47. The van der Waals surface area contributed by atoms with Gasteiger partial charge in [-0.2, -0.15) is 4.90 Å². The van der Waals surface area contributed by atoms with Gasteiger partial charge in [0.05, 0.1) is 5.92 Å². The minimum Gasteiger partial charge on any atom is -0.443 e. The Labute approximate surface area is 189 Å². The van der Waals surface area contributed by atoms with Gasteiger partial charge in [-0.3, -0.25) is 9.63 Å². The molecule has 0 aliphatic heterocycles. The van der Waals surface area contributed by atoms with Crippen LogP contribution in [0.5, 0.6) is 0 Å². The SMILES string of the molecule is CCOC(OC)C(Cc1cccc(N(C(=O)OC(C)(C)C)C(=O)O[N+](C)(C)C)n1)C(C)=O. The van der Waals surface area contributed by atoms with Gasteiger partial charge in [-0.25, -0.2) is 14.6 Å². The molecule has 0 aliphatic rings. The number of ether oxygens (including phenoxy) is 3. The first kappa shape index (κ1) is 27.5. The standard InChI is InChI=1S/C22H36N3O7/c1-10-30-19(29-9)17(15(2)26)14-16-12-11-13-18(23-16)24(20(27)31-22(3,4)5)21(28)32-25(6,7)8/h11-13,17,19H,10,14H2,1-9H3/q+1. The van der Waals surface area contributed by atoms with Crippen LogP contribution >= 0.6 is 0 Å². The van der Waals surface area contributed by atoms with E-state index in [9.17, 15) is 14.4 Å². The minimum absolute atomic E-state index is 0.0166. The summed E-state index contributed by atoms with van der Waals surface area (Å²) in [6.07, 6.45) is -2.42. The van der Waals surface area contributed by atoms with Gasteiger partial charge in [0.2, 0.25) is 0 Å². The van der Waals surface area contributed by atoms with E-state index in [0.29, 0.717) is 12.3 Å². The number of nitrogens with zero attached hydrogens (tertiary/aromatic N) is 3. The summed E-state index contributed by atoms with van der Waals surface area (Å²) in [5, 5.41) is 0. The highest BCUT2D eigenvalue weighted by molar-refractivity contribution is 6.08. The molecule has 0 aliphatic carbocycles. The van der Waals surface area contributed by atoms with Crippen molar-refractivity contribution in [3.8, 4) is 0 Å². The first-order chi connectivity index (χ1) is 14.7. The molecule has 2 amide bonds. The molecule has 1 aromatic rings. The van der Waals surface area contributed by atoms with Crippen LogP contribution in [-0.4, -0.2) is 74.4 Å². The molecule has 1 aromatic heterocycles. The third-order valence-corrected chi connectivity index (χ3v) is 3.97. The van der Waals surface area contributed by atoms with E-state index in [4.69, 9.17) is 19.0 Å². The summed E-state index contributed by atoms with van der Waals surface area (Å²) < 4.78 is 16.0. The van der Waals surface area contributed by atoms with E-state index in [1.807, 2.05) is 0 Å². The molecule has 2 atom stereocenters. The number of hydrogen-bond acceptors (Lipinski definition) is 8. The molecule has 10 heteroatoms. The number of imide groups is 1. The zero-order valence-corrected chi connectivity index (χ0v) is 20.5. The van der Waals surface area contributed by atoms with Gasteiger partial charge < -0.3 is 14.2 Å². The second-order valence-corrected chi connectivity index (χ2v) is 9.03. The molecular weight excluding hydrogens is 418 g/mol. The number of quaternary nitrogens is 1. The molecule has 1 rings (SSSR count). The number of pyridine rings is 1. The second-order valence-electron chi connectivity index (χ2n) is 9.03. The van der Waals surface area contributed by atoms with Gasteiger partial charge in [0.25, 0.3) is 0 Å². The molecule has 0 aromatic carbocycles. The summed E-state index contributed by atoms with van der Waals surface area (Å²) in [6, 6.07) is 4.81. The normalized spacial score (nSPS) is 13.8. The van der Waals surface area contributed by atoms with Crippen molar-refractivity contribution >= 4 is 23.8 Å². The van der Waals surface area contributed by atoms with E-state index in [1.165, 1.54) is 20.1 Å². The summed E-state index contributed by atoms with van der Waals surface area (Å²) in [5.41, 5.74) is -0.372. The number of carbonyl (C=O) groups is 3. The van der Waals surface area contributed by atoms with Crippen LogP contribution in [0.2, 0.25) is 0 Å².